The van der Waals surface area contributed by atoms with Gasteiger partial charge in [-0.25, -0.2) is 0 Å². The van der Waals surface area contributed by atoms with E-state index in [2.05, 4.69) is 16.8 Å². The summed E-state index contributed by atoms with van der Waals surface area (Å²) in [6.45, 7) is 2.27. The van der Waals surface area contributed by atoms with E-state index in [0.717, 1.165) is 0 Å². The van der Waals surface area contributed by atoms with Crippen molar-refractivity contribution in [3.63, 3.8) is 0 Å². The Morgan fingerprint density at radius 1 is 1.52 bits per heavy atom. The normalized spacial score (nSPS) is 21.6. The van der Waals surface area contributed by atoms with E-state index >= 15 is 0 Å². The van der Waals surface area contributed by atoms with E-state index in [1.165, 1.54) is 12.4 Å². The lowest BCUT2D eigenvalue weighted by atomic mass is 10.1. The zero-order valence-corrected chi connectivity index (χ0v) is 11.8. The molecule has 1 amide bonds. The first-order chi connectivity index (χ1) is 10.2. The van der Waals surface area contributed by atoms with Crippen LogP contribution in [0.3, 0.4) is 0 Å². The highest BCUT2D eigenvalue weighted by Crippen LogP contribution is 2.16. The summed E-state index contributed by atoms with van der Waals surface area (Å²) in [6.07, 6.45) is 2.54. The minimum Gasteiger partial charge on any atom is -0.394 e. The van der Waals surface area contributed by atoms with Crippen molar-refractivity contribution in [3.8, 4) is 11.8 Å². The SMILES string of the molecule is CC1CN(C(=O)c2ccncc2C#CCO)CC(CO)O1. The van der Waals surface area contributed by atoms with Crippen molar-refractivity contribution in [3.05, 3.63) is 29.6 Å². The van der Waals surface area contributed by atoms with Gasteiger partial charge in [0.05, 0.1) is 29.9 Å². The van der Waals surface area contributed by atoms with Crippen LogP contribution in [0.1, 0.15) is 22.8 Å². The van der Waals surface area contributed by atoms with Gasteiger partial charge in [-0.2, -0.15) is 0 Å². The summed E-state index contributed by atoms with van der Waals surface area (Å²) >= 11 is 0. The molecule has 1 aromatic rings. The standard InChI is InChI=1S/C15H18N2O4/c1-11-8-17(9-13(10-19)21-11)15(20)14-4-5-16-7-12(14)3-2-6-18/h4-5,7,11,13,18-19H,6,8-10H2,1H3. The predicted octanol–water partition coefficient (Wildman–Crippen LogP) is -0.353. The molecule has 2 unspecified atom stereocenters. The number of hydrogen-bond acceptors (Lipinski definition) is 5. The molecule has 0 aromatic carbocycles. The van der Waals surface area contributed by atoms with Gasteiger partial charge in [0.1, 0.15) is 6.61 Å². The van der Waals surface area contributed by atoms with Gasteiger partial charge in [-0.1, -0.05) is 11.8 Å². The largest absolute Gasteiger partial charge is 0.394 e. The number of aliphatic hydroxyl groups excluding tert-OH is 2. The molecule has 1 aliphatic heterocycles. The number of amides is 1. The minimum absolute atomic E-state index is 0.123. The van der Waals surface area contributed by atoms with Gasteiger partial charge < -0.3 is 19.8 Å². The molecule has 21 heavy (non-hydrogen) atoms. The molecule has 1 saturated heterocycles. The first-order valence-electron chi connectivity index (χ1n) is 6.75. The number of aromatic nitrogens is 1. The molecule has 1 fully saturated rings. The summed E-state index contributed by atoms with van der Waals surface area (Å²) in [5.74, 6) is 5.08. The van der Waals surface area contributed by atoms with Crippen LogP contribution in [0, 0.1) is 11.8 Å². The van der Waals surface area contributed by atoms with E-state index < -0.39 is 0 Å². The smallest absolute Gasteiger partial charge is 0.255 e. The lowest BCUT2D eigenvalue weighted by molar-refractivity contribution is -0.0858. The van der Waals surface area contributed by atoms with Gasteiger partial charge in [-0.3, -0.25) is 9.78 Å². The second-order valence-corrected chi connectivity index (χ2v) is 4.84. The highest BCUT2D eigenvalue weighted by molar-refractivity contribution is 5.96. The van der Waals surface area contributed by atoms with E-state index in [1.54, 1.807) is 11.0 Å². The van der Waals surface area contributed by atoms with Gasteiger partial charge >= 0.3 is 0 Å². The lowest BCUT2D eigenvalue weighted by Gasteiger charge is -2.36. The molecule has 0 bridgehead atoms. The second kappa shape index (κ2) is 7.18. The van der Waals surface area contributed by atoms with Crippen LogP contribution in [0.5, 0.6) is 0 Å². The molecule has 1 aromatic heterocycles. The zero-order valence-electron chi connectivity index (χ0n) is 11.8. The van der Waals surface area contributed by atoms with Gasteiger partial charge in [-0.15, -0.1) is 0 Å². The summed E-state index contributed by atoms with van der Waals surface area (Å²) in [6, 6.07) is 1.61. The maximum atomic E-state index is 12.6. The van der Waals surface area contributed by atoms with E-state index in [9.17, 15) is 9.90 Å². The van der Waals surface area contributed by atoms with Crippen LogP contribution in [0.2, 0.25) is 0 Å². The Morgan fingerprint density at radius 2 is 2.33 bits per heavy atom. The molecule has 0 radical (unpaired) electrons. The molecule has 1 aliphatic rings. The van der Waals surface area contributed by atoms with E-state index in [4.69, 9.17) is 9.84 Å². The van der Waals surface area contributed by atoms with Crippen LogP contribution in [-0.4, -0.2) is 64.5 Å². The number of pyridine rings is 1. The highest BCUT2D eigenvalue weighted by Gasteiger charge is 2.29. The third-order valence-electron chi connectivity index (χ3n) is 3.17. The molecule has 112 valence electrons. The van der Waals surface area contributed by atoms with Crippen molar-refractivity contribution < 1.29 is 19.7 Å². The topological polar surface area (TPSA) is 82.9 Å². The van der Waals surface area contributed by atoms with Crippen molar-refractivity contribution in [2.24, 2.45) is 0 Å². The van der Waals surface area contributed by atoms with Crippen LogP contribution in [0.4, 0.5) is 0 Å². The first kappa shape index (κ1) is 15.4. The molecule has 6 heteroatoms. The monoisotopic (exact) mass is 290 g/mol. The molecule has 2 atom stereocenters. The minimum atomic E-state index is -0.369. The molecule has 2 rings (SSSR count). The number of carbonyl (C=O) groups is 1. The van der Waals surface area contributed by atoms with Gasteiger partial charge in [0.15, 0.2) is 0 Å². The van der Waals surface area contributed by atoms with Crippen LogP contribution >= 0.6 is 0 Å². The average molecular weight is 290 g/mol. The lowest BCUT2D eigenvalue weighted by Crippen LogP contribution is -2.50. The number of morpholine rings is 1. The highest BCUT2D eigenvalue weighted by atomic mass is 16.5. The first-order valence-corrected chi connectivity index (χ1v) is 6.75. The Kier molecular flexibility index (Phi) is 5.28. The van der Waals surface area contributed by atoms with Gasteiger partial charge in [0.2, 0.25) is 0 Å². The Labute approximate surface area is 123 Å². The van der Waals surface area contributed by atoms with Crippen LogP contribution in [0.25, 0.3) is 0 Å². The fourth-order valence-electron chi connectivity index (χ4n) is 2.30. The molecular weight excluding hydrogens is 272 g/mol. The Balaban J connectivity index is 2.23. The summed E-state index contributed by atoms with van der Waals surface area (Å²) in [5, 5.41) is 18.0. The third kappa shape index (κ3) is 3.79. The maximum Gasteiger partial charge on any atom is 0.255 e. The summed E-state index contributed by atoms with van der Waals surface area (Å²) in [4.78, 5) is 18.2. The zero-order chi connectivity index (χ0) is 15.2. The number of hydrogen-bond donors (Lipinski definition) is 2. The number of aliphatic hydroxyl groups is 2. The molecule has 6 nitrogen and oxygen atoms in total. The number of ether oxygens (including phenoxy) is 1. The maximum absolute atomic E-state index is 12.6. The fraction of sp³-hybridized carbons (Fsp3) is 0.467. The average Bonchev–Trinajstić information content (AvgIpc) is 2.51. The third-order valence-corrected chi connectivity index (χ3v) is 3.17. The van der Waals surface area contributed by atoms with Gasteiger partial charge in [0, 0.05) is 25.5 Å². The second-order valence-electron chi connectivity index (χ2n) is 4.84. The number of nitrogens with zero attached hydrogens (tertiary/aromatic N) is 2. The predicted molar refractivity (Wildman–Crippen MR) is 75.5 cm³/mol. The molecule has 0 spiro atoms. The summed E-state index contributed by atoms with van der Waals surface area (Å²) in [5.41, 5.74) is 0.924. The van der Waals surface area contributed by atoms with Crippen molar-refractivity contribution >= 4 is 5.91 Å². The molecule has 0 saturated carbocycles. The van der Waals surface area contributed by atoms with Crippen molar-refractivity contribution in [1.29, 1.82) is 0 Å². The van der Waals surface area contributed by atoms with Crippen molar-refractivity contribution in [2.75, 3.05) is 26.3 Å². The van der Waals surface area contributed by atoms with E-state index in [1.807, 2.05) is 6.92 Å². The molecule has 0 aliphatic carbocycles. The van der Waals surface area contributed by atoms with Crippen LogP contribution in [-0.2, 0) is 4.74 Å². The number of rotatable bonds is 2. The Hall–Kier alpha value is -1.94. The van der Waals surface area contributed by atoms with Crippen LogP contribution in [0.15, 0.2) is 18.5 Å². The summed E-state index contributed by atoms with van der Waals surface area (Å²) < 4.78 is 5.53. The Bertz CT molecular complexity index is 564. The van der Waals surface area contributed by atoms with Crippen LogP contribution < -0.4 is 0 Å². The fourth-order valence-corrected chi connectivity index (χ4v) is 2.30. The van der Waals surface area contributed by atoms with E-state index in [-0.39, 0.29) is 31.3 Å². The molecule has 2 heterocycles. The van der Waals surface area contributed by atoms with Crippen molar-refractivity contribution in [1.82, 2.24) is 9.88 Å². The summed E-state index contributed by atoms with van der Waals surface area (Å²) in [7, 11) is 0. The quantitative estimate of drug-likeness (QED) is 0.727. The number of carbonyl (C=O) groups excluding carboxylic acids is 1. The Morgan fingerprint density at radius 3 is 3.05 bits per heavy atom. The molecule has 2 N–H and O–H groups in total. The molecular formula is C15H18N2O4. The van der Waals surface area contributed by atoms with Gasteiger partial charge in [-0.05, 0) is 13.0 Å². The van der Waals surface area contributed by atoms with Crippen molar-refractivity contribution in [2.45, 2.75) is 19.1 Å². The van der Waals surface area contributed by atoms with Gasteiger partial charge in [0.25, 0.3) is 5.91 Å². The van der Waals surface area contributed by atoms with E-state index in [0.29, 0.717) is 24.2 Å².